The van der Waals surface area contributed by atoms with Gasteiger partial charge >= 0.3 is 11.9 Å². The number of carboxylic acid groups (broad SMARTS) is 1. The maximum atomic E-state index is 11.8. The molecule has 1 aliphatic rings. The number of aromatic hydroxyl groups is 2. The van der Waals surface area contributed by atoms with Gasteiger partial charge in [0.25, 0.3) is 0 Å². The molecule has 9 heteroatoms. The number of carbonyl (C=O) groups is 2. The summed E-state index contributed by atoms with van der Waals surface area (Å²) in [5.41, 5.74) is 0.385. The number of carbonyl (C=O) groups excluding carboxylic acids is 1. The van der Waals surface area contributed by atoms with Crippen molar-refractivity contribution >= 4 is 18.0 Å². The number of aliphatic carboxylic acids is 1. The third-order valence-corrected chi connectivity index (χ3v) is 3.95. The van der Waals surface area contributed by atoms with Gasteiger partial charge in [0, 0.05) is 12.5 Å². The van der Waals surface area contributed by atoms with Crippen molar-refractivity contribution in [1.82, 2.24) is 0 Å². The lowest BCUT2D eigenvalue weighted by molar-refractivity contribution is -0.189. The number of phenolic OH excluding ortho intramolecular Hbond substituents is 2. The molecule has 1 fully saturated rings. The van der Waals surface area contributed by atoms with Gasteiger partial charge in [-0.05, 0) is 23.8 Å². The molecule has 1 saturated carbocycles. The van der Waals surface area contributed by atoms with E-state index in [1.54, 1.807) is 0 Å². The number of carboxylic acids is 1. The van der Waals surface area contributed by atoms with Crippen molar-refractivity contribution in [1.29, 1.82) is 0 Å². The first-order valence-electron chi connectivity index (χ1n) is 7.38. The van der Waals surface area contributed by atoms with E-state index in [0.29, 0.717) is 5.56 Å². The Morgan fingerprint density at radius 2 is 1.76 bits per heavy atom. The average molecular weight is 354 g/mol. The highest BCUT2D eigenvalue weighted by atomic mass is 16.6. The Hall–Kier alpha value is -2.62. The zero-order chi connectivity index (χ0) is 18.7. The van der Waals surface area contributed by atoms with Gasteiger partial charge in [-0.25, -0.2) is 4.79 Å². The molecule has 2 rings (SSSR count). The second-order valence-corrected chi connectivity index (χ2v) is 5.71. The van der Waals surface area contributed by atoms with Gasteiger partial charge in [0.05, 0.1) is 12.2 Å². The fourth-order valence-electron chi connectivity index (χ4n) is 2.60. The normalized spacial score (nSPS) is 29.5. The molecule has 0 bridgehead atoms. The smallest absolute Gasteiger partial charge is 0.331 e. The molecule has 6 N–H and O–H groups in total. The lowest BCUT2D eigenvalue weighted by Gasteiger charge is -2.38. The molecular weight excluding hydrogens is 336 g/mol. The quantitative estimate of drug-likeness (QED) is 0.231. The first kappa shape index (κ1) is 18.7. The molecule has 0 heterocycles. The Bertz CT molecular complexity index is 684. The summed E-state index contributed by atoms with van der Waals surface area (Å²) < 4.78 is 4.96. The number of esters is 1. The van der Waals surface area contributed by atoms with Gasteiger partial charge in [-0.15, -0.1) is 0 Å². The summed E-state index contributed by atoms with van der Waals surface area (Å²) in [5, 5.41) is 56.9. The van der Waals surface area contributed by atoms with E-state index in [1.165, 1.54) is 24.3 Å². The molecule has 0 saturated heterocycles. The lowest BCUT2D eigenvalue weighted by atomic mass is 9.80. The predicted molar refractivity (Wildman–Crippen MR) is 82.4 cm³/mol. The summed E-state index contributed by atoms with van der Waals surface area (Å²) in [7, 11) is 0. The van der Waals surface area contributed by atoms with Crippen molar-refractivity contribution in [2.75, 3.05) is 0 Å². The molecule has 136 valence electrons. The number of rotatable bonds is 4. The molecule has 0 aromatic heterocycles. The summed E-state index contributed by atoms with van der Waals surface area (Å²) in [6, 6.07) is 3.85. The third kappa shape index (κ3) is 4.27. The lowest BCUT2D eigenvalue weighted by Crippen LogP contribution is -2.56. The average Bonchev–Trinajstić information content (AvgIpc) is 2.53. The Labute approximate surface area is 142 Å². The van der Waals surface area contributed by atoms with Gasteiger partial charge < -0.3 is 35.4 Å². The second kappa shape index (κ2) is 7.51. The third-order valence-electron chi connectivity index (χ3n) is 3.95. The summed E-state index contributed by atoms with van der Waals surface area (Å²) in [6.07, 6.45) is -4.16. The van der Waals surface area contributed by atoms with Gasteiger partial charge in [-0.2, -0.15) is 0 Å². The molecule has 0 spiro atoms. The van der Waals surface area contributed by atoms with Crippen molar-refractivity contribution < 1.29 is 45.0 Å². The van der Waals surface area contributed by atoms with Crippen LogP contribution in [0.3, 0.4) is 0 Å². The van der Waals surface area contributed by atoms with Gasteiger partial charge in [-0.3, -0.25) is 4.79 Å². The number of phenols is 2. The minimum atomic E-state index is -1.68. The molecular formula is C16H18O9. The summed E-state index contributed by atoms with van der Waals surface area (Å²) in [6.45, 7) is 0. The number of hydrogen-bond acceptors (Lipinski definition) is 8. The van der Waals surface area contributed by atoms with Crippen LogP contribution in [0, 0.1) is 5.92 Å². The number of ether oxygens (including phenoxy) is 1. The van der Waals surface area contributed by atoms with Crippen LogP contribution in [0.2, 0.25) is 0 Å². The van der Waals surface area contributed by atoms with E-state index in [2.05, 4.69) is 0 Å². The zero-order valence-electron chi connectivity index (χ0n) is 12.9. The molecule has 9 nitrogen and oxygen atoms in total. The van der Waals surface area contributed by atoms with Crippen LogP contribution in [0.1, 0.15) is 12.0 Å². The van der Waals surface area contributed by atoms with E-state index in [1.807, 2.05) is 0 Å². The van der Waals surface area contributed by atoms with Crippen LogP contribution >= 0.6 is 0 Å². The van der Waals surface area contributed by atoms with E-state index in [-0.39, 0.29) is 17.9 Å². The highest BCUT2D eigenvalue weighted by molar-refractivity contribution is 5.87. The Morgan fingerprint density at radius 3 is 2.36 bits per heavy atom. The van der Waals surface area contributed by atoms with Gasteiger partial charge in [0.1, 0.15) is 18.1 Å². The van der Waals surface area contributed by atoms with E-state index in [0.717, 1.165) is 6.08 Å². The van der Waals surface area contributed by atoms with E-state index in [4.69, 9.17) is 9.84 Å². The zero-order valence-corrected chi connectivity index (χ0v) is 12.9. The largest absolute Gasteiger partial charge is 0.504 e. The van der Waals surface area contributed by atoms with Crippen LogP contribution in [-0.4, -0.2) is 67.0 Å². The van der Waals surface area contributed by atoms with Crippen molar-refractivity contribution in [3.8, 4) is 11.5 Å². The molecule has 1 aromatic carbocycles. The van der Waals surface area contributed by atoms with Crippen LogP contribution in [0.5, 0.6) is 11.5 Å². The summed E-state index contributed by atoms with van der Waals surface area (Å²) >= 11 is 0. The Balaban J connectivity index is 2.04. The van der Waals surface area contributed by atoms with E-state index < -0.39 is 42.3 Å². The second-order valence-electron chi connectivity index (χ2n) is 5.71. The minimum Gasteiger partial charge on any atom is -0.504 e. The maximum absolute atomic E-state index is 11.8. The molecule has 0 amide bonds. The van der Waals surface area contributed by atoms with Crippen molar-refractivity contribution in [2.45, 2.75) is 30.8 Å². The number of benzene rings is 1. The standard InChI is InChI=1S/C16H18O9/c17-8-3-1-7(5-9(8)18)2-4-12(20)25-11-6-10(19)14(21)13(15(11)22)16(23)24/h1-5,10-11,13-15,17-19,21-22H,6H2,(H,23,24)/b4-2+/t10-,11-,13?,14-,15+/m0/s1. The van der Waals surface area contributed by atoms with Crippen LogP contribution in [0.4, 0.5) is 0 Å². The molecule has 25 heavy (non-hydrogen) atoms. The molecule has 1 unspecified atom stereocenters. The fourth-order valence-corrected chi connectivity index (χ4v) is 2.60. The monoisotopic (exact) mass is 354 g/mol. The highest BCUT2D eigenvalue weighted by Gasteiger charge is 2.48. The number of hydrogen-bond donors (Lipinski definition) is 6. The first-order valence-corrected chi connectivity index (χ1v) is 7.38. The van der Waals surface area contributed by atoms with Gasteiger partial charge in [-0.1, -0.05) is 6.07 Å². The summed E-state index contributed by atoms with van der Waals surface area (Å²) in [4.78, 5) is 22.9. The van der Waals surface area contributed by atoms with Crippen molar-refractivity contribution in [2.24, 2.45) is 5.92 Å². The SMILES string of the molecule is O=C(/C=C/c1ccc(O)c(O)c1)O[C@H]1C[C@H](O)[C@H](O)C(C(=O)O)[C@@H]1O. The Morgan fingerprint density at radius 1 is 1.08 bits per heavy atom. The number of aliphatic hydroxyl groups excluding tert-OH is 3. The predicted octanol–water partition coefficient (Wildman–Crippen LogP) is -0.790. The van der Waals surface area contributed by atoms with Crippen LogP contribution in [0.25, 0.3) is 6.08 Å². The van der Waals surface area contributed by atoms with Crippen LogP contribution < -0.4 is 0 Å². The molecule has 1 aliphatic carbocycles. The minimum absolute atomic E-state index is 0.314. The first-order chi connectivity index (χ1) is 11.7. The van der Waals surface area contributed by atoms with Crippen LogP contribution in [-0.2, 0) is 14.3 Å². The fraction of sp³-hybridized carbons (Fsp3) is 0.375. The molecule has 1 aromatic rings. The van der Waals surface area contributed by atoms with Crippen molar-refractivity contribution in [3.05, 3.63) is 29.8 Å². The molecule has 0 aliphatic heterocycles. The van der Waals surface area contributed by atoms with Gasteiger partial charge in [0.2, 0.25) is 0 Å². The van der Waals surface area contributed by atoms with E-state index >= 15 is 0 Å². The number of aliphatic hydroxyl groups is 3. The van der Waals surface area contributed by atoms with Gasteiger partial charge in [0.15, 0.2) is 11.5 Å². The maximum Gasteiger partial charge on any atom is 0.331 e. The topological polar surface area (TPSA) is 165 Å². The molecule has 5 atom stereocenters. The Kier molecular flexibility index (Phi) is 5.62. The summed E-state index contributed by atoms with van der Waals surface area (Å²) in [5.74, 6) is -4.81. The van der Waals surface area contributed by atoms with E-state index in [9.17, 15) is 35.1 Å². The molecule has 0 radical (unpaired) electrons. The van der Waals surface area contributed by atoms with Crippen LogP contribution in [0.15, 0.2) is 24.3 Å². The highest BCUT2D eigenvalue weighted by Crippen LogP contribution is 2.29. The van der Waals surface area contributed by atoms with Crippen molar-refractivity contribution in [3.63, 3.8) is 0 Å².